The molecule has 0 aromatic heterocycles. The van der Waals surface area contributed by atoms with Gasteiger partial charge in [0.2, 0.25) is 5.91 Å². The first kappa shape index (κ1) is 28.2. The molecule has 0 spiro atoms. The number of benzene rings is 3. The number of rotatable bonds is 10. The summed E-state index contributed by atoms with van der Waals surface area (Å²) in [6.07, 6.45) is 4.59. The van der Waals surface area contributed by atoms with Crippen molar-refractivity contribution in [1.29, 1.82) is 0 Å². The predicted octanol–water partition coefficient (Wildman–Crippen LogP) is 6.80. The van der Waals surface area contributed by atoms with E-state index >= 15 is 0 Å². The number of halogens is 2. The Balaban J connectivity index is 1.62. The molecular weight excluding hydrogens is 564 g/mol. The minimum Gasteiger partial charge on any atom is -0.484 e. The fourth-order valence-corrected chi connectivity index (χ4v) is 5.53. The van der Waals surface area contributed by atoms with E-state index in [1.165, 1.54) is 0 Å². The maximum atomic E-state index is 13.8. The van der Waals surface area contributed by atoms with Gasteiger partial charge in [-0.1, -0.05) is 82.8 Å². The molecule has 0 saturated heterocycles. The summed E-state index contributed by atoms with van der Waals surface area (Å²) >= 11 is 9.84. The molecule has 1 saturated carbocycles. The number of amides is 2. The van der Waals surface area contributed by atoms with Crippen LogP contribution in [0.1, 0.15) is 47.9 Å². The topological polar surface area (TPSA) is 58.6 Å². The molecule has 7 heteroatoms. The molecule has 3 aromatic carbocycles. The molecule has 4 rings (SSSR count). The van der Waals surface area contributed by atoms with Gasteiger partial charge >= 0.3 is 0 Å². The van der Waals surface area contributed by atoms with Crippen LogP contribution in [-0.4, -0.2) is 35.4 Å². The zero-order valence-electron chi connectivity index (χ0n) is 21.9. The largest absolute Gasteiger partial charge is 0.484 e. The first-order valence-corrected chi connectivity index (χ1v) is 14.2. The third-order valence-electron chi connectivity index (χ3n) is 6.99. The fraction of sp³-hybridized carbons (Fsp3) is 0.355. The summed E-state index contributed by atoms with van der Waals surface area (Å²) in [5.74, 6) is 0.204. The molecule has 2 amide bonds. The quantitative estimate of drug-likeness (QED) is 0.280. The van der Waals surface area contributed by atoms with Gasteiger partial charge in [0.05, 0.1) is 0 Å². The highest BCUT2D eigenvalue weighted by molar-refractivity contribution is 9.10. The second-order valence-electron chi connectivity index (χ2n) is 10.0. The van der Waals surface area contributed by atoms with Gasteiger partial charge in [-0.25, -0.2) is 0 Å². The highest BCUT2D eigenvalue weighted by Crippen LogP contribution is 2.26. The van der Waals surface area contributed by atoms with Crippen LogP contribution in [-0.2, 0) is 22.6 Å². The van der Waals surface area contributed by atoms with Gasteiger partial charge in [0.15, 0.2) is 6.61 Å². The van der Waals surface area contributed by atoms with E-state index in [9.17, 15) is 9.59 Å². The number of aryl methyl sites for hydroxylation is 2. The first-order valence-electron chi connectivity index (χ1n) is 13.1. The van der Waals surface area contributed by atoms with Gasteiger partial charge in [0.1, 0.15) is 11.8 Å². The minimum absolute atomic E-state index is 0.123. The summed E-state index contributed by atoms with van der Waals surface area (Å²) in [6.45, 7) is 3.92. The van der Waals surface area contributed by atoms with Crippen LogP contribution in [0.2, 0.25) is 5.02 Å². The highest BCUT2D eigenvalue weighted by atomic mass is 79.9. The molecule has 5 nitrogen and oxygen atoms in total. The smallest absolute Gasteiger partial charge is 0.261 e. The van der Waals surface area contributed by atoms with Crippen molar-refractivity contribution in [3.05, 3.63) is 98.5 Å². The molecule has 1 aliphatic rings. The SMILES string of the molecule is Cc1cc(OCC(=O)N(Cc2cccc(Br)c2)[C@H](Cc2ccccc2)C(=O)NC2CCCC2)cc(C)c1Cl. The second-order valence-corrected chi connectivity index (χ2v) is 11.3. The van der Waals surface area contributed by atoms with Gasteiger partial charge in [-0.3, -0.25) is 9.59 Å². The Bertz CT molecular complexity index is 1240. The lowest BCUT2D eigenvalue weighted by molar-refractivity contribution is -0.143. The second kappa shape index (κ2) is 13.3. The Morgan fingerprint density at radius 2 is 1.66 bits per heavy atom. The standard InChI is InChI=1S/C31H34BrClN2O3/c1-21-15-27(16-22(2)30(21)33)38-20-29(36)35(19-24-11-8-12-25(32)17-24)28(18-23-9-4-3-5-10-23)31(37)34-26-13-6-7-14-26/h3-5,8-12,15-17,26,28H,6-7,13-14,18-20H2,1-2H3,(H,34,37)/t28-/m1/s1. The number of hydrogen-bond donors (Lipinski definition) is 1. The van der Waals surface area contributed by atoms with Crippen LogP contribution in [0.25, 0.3) is 0 Å². The monoisotopic (exact) mass is 596 g/mol. The van der Waals surface area contributed by atoms with Gasteiger partial charge in [0, 0.05) is 28.5 Å². The molecule has 0 heterocycles. The first-order chi connectivity index (χ1) is 18.3. The van der Waals surface area contributed by atoms with Crippen LogP contribution in [0.4, 0.5) is 0 Å². The van der Waals surface area contributed by atoms with Crippen LogP contribution >= 0.6 is 27.5 Å². The third-order valence-corrected chi connectivity index (χ3v) is 8.08. The Morgan fingerprint density at radius 3 is 2.32 bits per heavy atom. The van der Waals surface area contributed by atoms with Crippen molar-refractivity contribution in [2.45, 2.75) is 64.6 Å². The third kappa shape index (κ3) is 7.61. The molecule has 200 valence electrons. The zero-order chi connectivity index (χ0) is 27.1. The van der Waals surface area contributed by atoms with E-state index in [0.29, 0.717) is 17.2 Å². The van der Waals surface area contributed by atoms with E-state index in [0.717, 1.165) is 52.4 Å². The van der Waals surface area contributed by atoms with Crippen LogP contribution < -0.4 is 10.1 Å². The number of ether oxygens (including phenoxy) is 1. The van der Waals surface area contributed by atoms with Crippen LogP contribution in [0.5, 0.6) is 5.75 Å². The van der Waals surface area contributed by atoms with E-state index in [2.05, 4.69) is 21.2 Å². The number of nitrogens with one attached hydrogen (secondary N) is 1. The van der Waals surface area contributed by atoms with Crippen molar-refractivity contribution in [2.24, 2.45) is 0 Å². The molecule has 1 N–H and O–H groups in total. The maximum Gasteiger partial charge on any atom is 0.261 e. The zero-order valence-corrected chi connectivity index (χ0v) is 24.2. The molecule has 38 heavy (non-hydrogen) atoms. The van der Waals surface area contributed by atoms with E-state index in [1.807, 2.05) is 80.6 Å². The summed E-state index contributed by atoms with van der Waals surface area (Å²) in [6, 6.07) is 20.8. The lowest BCUT2D eigenvalue weighted by Crippen LogP contribution is -2.53. The lowest BCUT2D eigenvalue weighted by atomic mass is 10.0. The van der Waals surface area contributed by atoms with Crippen LogP contribution in [0.15, 0.2) is 71.2 Å². The van der Waals surface area contributed by atoms with Crippen molar-refractivity contribution in [1.82, 2.24) is 10.2 Å². The molecule has 0 aliphatic heterocycles. The predicted molar refractivity (Wildman–Crippen MR) is 155 cm³/mol. The van der Waals surface area contributed by atoms with Crippen LogP contribution in [0.3, 0.4) is 0 Å². The molecule has 0 unspecified atom stereocenters. The lowest BCUT2D eigenvalue weighted by Gasteiger charge is -2.32. The molecular formula is C31H34BrClN2O3. The average Bonchev–Trinajstić information content (AvgIpc) is 3.41. The molecule has 1 atom stereocenters. The van der Waals surface area contributed by atoms with E-state index in [4.69, 9.17) is 16.3 Å². The fourth-order valence-electron chi connectivity index (χ4n) is 4.97. The summed E-state index contributed by atoms with van der Waals surface area (Å²) in [5, 5.41) is 3.92. The Labute approximate surface area is 238 Å². The summed E-state index contributed by atoms with van der Waals surface area (Å²) in [4.78, 5) is 29.2. The van der Waals surface area contributed by atoms with E-state index in [1.54, 1.807) is 4.90 Å². The summed E-state index contributed by atoms with van der Waals surface area (Å²) < 4.78 is 6.87. The number of hydrogen-bond acceptors (Lipinski definition) is 3. The Hall–Kier alpha value is -2.83. The Morgan fingerprint density at radius 1 is 1.00 bits per heavy atom. The highest BCUT2D eigenvalue weighted by Gasteiger charge is 2.32. The van der Waals surface area contributed by atoms with E-state index < -0.39 is 6.04 Å². The molecule has 1 fully saturated rings. The normalized spacial score (nSPS) is 14.2. The number of nitrogens with zero attached hydrogens (tertiary/aromatic N) is 1. The number of carbonyl (C=O) groups is 2. The maximum absolute atomic E-state index is 13.8. The average molecular weight is 598 g/mol. The molecule has 3 aromatic rings. The van der Waals surface area contributed by atoms with Gasteiger partial charge in [-0.05, 0) is 73.2 Å². The molecule has 1 aliphatic carbocycles. The van der Waals surface area contributed by atoms with Gasteiger partial charge in [-0.15, -0.1) is 0 Å². The van der Waals surface area contributed by atoms with E-state index in [-0.39, 0.29) is 31.0 Å². The summed E-state index contributed by atoms with van der Waals surface area (Å²) in [7, 11) is 0. The van der Waals surface area contributed by atoms with Gasteiger partial charge in [-0.2, -0.15) is 0 Å². The minimum atomic E-state index is -0.679. The summed E-state index contributed by atoms with van der Waals surface area (Å²) in [5.41, 5.74) is 3.70. The van der Waals surface area contributed by atoms with Crippen LogP contribution in [0, 0.1) is 13.8 Å². The van der Waals surface area contributed by atoms with Crippen molar-refractivity contribution < 1.29 is 14.3 Å². The number of carbonyl (C=O) groups excluding carboxylic acids is 2. The Kier molecular flexibility index (Phi) is 9.86. The molecule has 0 bridgehead atoms. The van der Waals surface area contributed by atoms with Gasteiger partial charge < -0.3 is 15.0 Å². The van der Waals surface area contributed by atoms with Gasteiger partial charge in [0.25, 0.3) is 5.91 Å². The van der Waals surface area contributed by atoms with Crippen molar-refractivity contribution in [3.63, 3.8) is 0 Å². The molecule has 0 radical (unpaired) electrons. The van der Waals surface area contributed by atoms with Crippen molar-refractivity contribution in [2.75, 3.05) is 6.61 Å². The van der Waals surface area contributed by atoms with Crippen molar-refractivity contribution >= 4 is 39.3 Å². The van der Waals surface area contributed by atoms with Crippen molar-refractivity contribution in [3.8, 4) is 5.75 Å².